The first-order chi connectivity index (χ1) is 15.0. The molecule has 32 heavy (non-hydrogen) atoms. The number of carbonyl (C=O) groups excluding carboxylic acids is 1. The topological polar surface area (TPSA) is 97.0 Å². The average molecular weight is 467 g/mol. The number of alkyl halides is 3. The van der Waals surface area contributed by atoms with Crippen LogP contribution in [0.25, 0.3) is 22.8 Å². The van der Waals surface area contributed by atoms with Crippen molar-refractivity contribution >= 4 is 17.7 Å². The molecule has 0 aliphatic carbocycles. The molecule has 2 N–H and O–H groups in total. The number of ether oxygens (including phenoxy) is 1. The SMILES string of the molecule is CC(C)OC(=O)NCc1ccc(Cl)c(-c2nc(-c3ccc(C(F)(F)F)cc3)nc(=O)[nH]2)c1. The Kier molecular flexibility index (Phi) is 6.83. The summed E-state index contributed by atoms with van der Waals surface area (Å²) in [4.78, 5) is 34.3. The summed E-state index contributed by atoms with van der Waals surface area (Å²) in [5, 5.41) is 2.86. The summed E-state index contributed by atoms with van der Waals surface area (Å²) in [6, 6.07) is 9.00. The lowest BCUT2D eigenvalue weighted by atomic mass is 10.1. The smallest absolute Gasteiger partial charge is 0.416 e. The Morgan fingerprint density at radius 1 is 1.16 bits per heavy atom. The highest BCUT2D eigenvalue weighted by Gasteiger charge is 2.30. The van der Waals surface area contributed by atoms with Crippen molar-refractivity contribution in [1.82, 2.24) is 20.3 Å². The van der Waals surface area contributed by atoms with Gasteiger partial charge < -0.3 is 10.1 Å². The molecule has 3 aromatic rings. The Morgan fingerprint density at radius 2 is 1.84 bits per heavy atom. The van der Waals surface area contributed by atoms with Crippen LogP contribution in [0.3, 0.4) is 0 Å². The first kappa shape index (κ1) is 23.3. The van der Waals surface area contributed by atoms with Crippen LogP contribution in [0.2, 0.25) is 5.02 Å². The van der Waals surface area contributed by atoms with Crippen molar-refractivity contribution in [2.45, 2.75) is 32.7 Å². The lowest BCUT2D eigenvalue weighted by Gasteiger charge is -2.11. The molecule has 1 aromatic heterocycles. The van der Waals surface area contributed by atoms with Gasteiger partial charge in [-0.05, 0) is 43.7 Å². The van der Waals surface area contributed by atoms with E-state index in [1.54, 1.807) is 32.0 Å². The van der Waals surface area contributed by atoms with E-state index in [2.05, 4.69) is 20.3 Å². The van der Waals surface area contributed by atoms with Crippen LogP contribution >= 0.6 is 11.6 Å². The second kappa shape index (κ2) is 9.39. The van der Waals surface area contributed by atoms with Gasteiger partial charge in [-0.3, -0.25) is 4.98 Å². The van der Waals surface area contributed by atoms with E-state index in [1.807, 2.05) is 0 Å². The number of hydrogen-bond donors (Lipinski definition) is 2. The van der Waals surface area contributed by atoms with E-state index in [-0.39, 0.29) is 34.9 Å². The Hall–Kier alpha value is -3.40. The third kappa shape index (κ3) is 5.85. The minimum absolute atomic E-state index is 0.0578. The van der Waals surface area contributed by atoms with Gasteiger partial charge >= 0.3 is 18.0 Å². The normalized spacial score (nSPS) is 11.5. The molecule has 7 nitrogen and oxygen atoms in total. The number of hydrogen-bond acceptors (Lipinski definition) is 5. The molecular formula is C21H18ClF3N4O3. The number of H-pyrrole nitrogens is 1. The predicted molar refractivity (Wildman–Crippen MR) is 112 cm³/mol. The van der Waals surface area contributed by atoms with Crippen LogP contribution in [0, 0.1) is 0 Å². The number of halogens is 4. The second-order valence-corrected chi connectivity index (χ2v) is 7.43. The van der Waals surface area contributed by atoms with Crippen molar-refractivity contribution in [3.8, 4) is 22.8 Å². The first-order valence-corrected chi connectivity index (χ1v) is 9.80. The fourth-order valence-electron chi connectivity index (χ4n) is 2.74. The van der Waals surface area contributed by atoms with Crippen molar-refractivity contribution < 1.29 is 22.7 Å². The van der Waals surface area contributed by atoms with E-state index in [4.69, 9.17) is 16.3 Å². The molecule has 0 aliphatic heterocycles. The number of amides is 1. The lowest BCUT2D eigenvalue weighted by Crippen LogP contribution is -2.26. The van der Waals surface area contributed by atoms with Crippen LogP contribution in [-0.2, 0) is 17.5 Å². The molecule has 2 aromatic carbocycles. The summed E-state index contributed by atoms with van der Waals surface area (Å²) >= 11 is 6.26. The maximum atomic E-state index is 12.8. The van der Waals surface area contributed by atoms with Gasteiger partial charge in [-0.25, -0.2) is 14.6 Å². The van der Waals surface area contributed by atoms with Crippen molar-refractivity contribution in [2.75, 3.05) is 0 Å². The van der Waals surface area contributed by atoms with Crippen molar-refractivity contribution in [2.24, 2.45) is 0 Å². The minimum Gasteiger partial charge on any atom is -0.447 e. The fraction of sp³-hybridized carbons (Fsp3) is 0.238. The molecular weight excluding hydrogens is 449 g/mol. The summed E-state index contributed by atoms with van der Waals surface area (Å²) in [6.07, 6.45) is -5.34. The summed E-state index contributed by atoms with van der Waals surface area (Å²) in [6.45, 7) is 3.58. The Morgan fingerprint density at radius 3 is 2.47 bits per heavy atom. The number of aromatic nitrogens is 3. The number of rotatable bonds is 5. The molecule has 1 heterocycles. The number of alkyl carbamates (subject to hydrolysis) is 1. The molecule has 0 saturated carbocycles. The Labute approximate surface area is 185 Å². The maximum absolute atomic E-state index is 12.8. The largest absolute Gasteiger partial charge is 0.447 e. The third-order valence-corrected chi connectivity index (χ3v) is 4.52. The van der Waals surface area contributed by atoms with Crippen LogP contribution in [0.5, 0.6) is 0 Å². The van der Waals surface area contributed by atoms with Crippen molar-refractivity contribution in [3.63, 3.8) is 0 Å². The van der Waals surface area contributed by atoms with Gasteiger partial charge in [0, 0.05) is 17.7 Å². The van der Waals surface area contributed by atoms with Crippen LogP contribution in [0.15, 0.2) is 47.3 Å². The lowest BCUT2D eigenvalue weighted by molar-refractivity contribution is -0.137. The highest BCUT2D eigenvalue weighted by atomic mass is 35.5. The van der Waals surface area contributed by atoms with E-state index < -0.39 is 23.5 Å². The van der Waals surface area contributed by atoms with Gasteiger partial charge in [-0.1, -0.05) is 29.8 Å². The number of benzene rings is 2. The molecule has 0 radical (unpaired) electrons. The maximum Gasteiger partial charge on any atom is 0.416 e. The molecule has 168 valence electrons. The van der Waals surface area contributed by atoms with E-state index in [0.29, 0.717) is 11.1 Å². The summed E-state index contributed by atoms with van der Waals surface area (Å²) in [7, 11) is 0. The standard InChI is InChI=1S/C21H18ClF3N4O3/c1-11(2)32-20(31)26-10-12-3-8-16(22)15(9-12)18-27-17(28-19(30)29-18)13-4-6-14(7-5-13)21(23,24)25/h3-9,11H,10H2,1-2H3,(H,26,31)(H,27,28,29,30). The average Bonchev–Trinajstić information content (AvgIpc) is 2.71. The molecule has 0 aliphatic rings. The number of aromatic amines is 1. The summed E-state index contributed by atoms with van der Waals surface area (Å²) < 4.78 is 43.4. The molecule has 0 spiro atoms. The molecule has 0 saturated heterocycles. The van der Waals surface area contributed by atoms with E-state index >= 15 is 0 Å². The highest BCUT2D eigenvalue weighted by molar-refractivity contribution is 6.33. The van der Waals surface area contributed by atoms with Gasteiger partial charge in [0.25, 0.3) is 0 Å². The van der Waals surface area contributed by atoms with E-state index in [1.165, 1.54) is 12.1 Å². The van der Waals surface area contributed by atoms with Gasteiger partial charge in [-0.2, -0.15) is 18.2 Å². The van der Waals surface area contributed by atoms with Gasteiger partial charge in [0.05, 0.1) is 16.7 Å². The number of nitrogens with one attached hydrogen (secondary N) is 2. The monoisotopic (exact) mass is 466 g/mol. The highest BCUT2D eigenvalue weighted by Crippen LogP contribution is 2.31. The number of carbonyl (C=O) groups is 1. The molecule has 0 fully saturated rings. The summed E-state index contributed by atoms with van der Waals surface area (Å²) in [5.41, 5.74) is -0.331. The van der Waals surface area contributed by atoms with E-state index in [9.17, 15) is 22.8 Å². The molecule has 0 atom stereocenters. The first-order valence-electron chi connectivity index (χ1n) is 9.42. The van der Waals surface area contributed by atoms with Gasteiger partial charge in [0.1, 0.15) is 5.82 Å². The van der Waals surface area contributed by atoms with Gasteiger partial charge in [-0.15, -0.1) is 0 Å². The fourth-order valence-corrected chi connectivity index (χ4v) is 2.95. The molecule has 1 amide bonds. The minimum atomic E-state index is -4.48. The van der Waals surface area contributed by atoms with Gasteiger partial charge in [0.2, 0.25) is 0 Å². The third-order valence-electron chi connectivity index (χ3n) is 4.19. The Balaban J connectivity index is 1.91. The predicted octanol–water partition coefficient (Wildman–Crippen LogP) is 4.81. The molecule has 0 unspecified atom stereocenters. The van der Waals surface area contributed by atoms with Crippen LogP contribution < -0.4 is 11.0 Å². The zero-order chi connectivity index (χ0) is 23.5. The zero-order valence-electron chi connectivity index (χ0n) is 17.0. The van der Waals surface area contributed by atoms with E-state index in [0.717, 1.165) is 12.1 Å². The Bertz CT molecular complexity index is 1180. The molecule has 3 rings (SSSR count). The quantitative estimate of drug-likeness (QED) is 0.562. The number of nitrogens with zero attached hydrogens (tertiary/aromatic N) is 2. The van der Waals surface area contributed by atoms with Crippen LogP contribution in [0.1, 0.15) is 25.0 Å². The second-order valence-electron chi connectivity index (χ2n) is 7.02. The summed E-state index contributed by atoms with van der Waals surface area (Å²) in [5.74, 6) is 0.0223. The zero-order valence-corrected chi connectivity index (χ0v) is 17.7. The van der Waals surface area contributed by atoms with Gasteiger partial charge in [0.15, 0.2) is 5.82 Å². The molecule has 11 heteroatoms. The van der Waals surface area contributed by atoms with Crippen molar-refractivity contribution in [1.29, 1.82) is 0 Å². The van der Waals surface area contributed by atoms with Crippen molar-refractivity contribution in [3.05, 3.63) is 69.1 Å². The van der Waals surface area contributed by atoms with Crippen LogP contribution in [0.4, 0.5) is 18.0 Å². The van der Waals surface area contributed by atoms with Crippen LogP contribution in [-0.4, -0.2) is 27.1 Å². The molecule has 0 bridgehead atoms.